The zero-order chi connectivity index (χ0) is 18.1. The van der Waals surface area contributed by atoms with Crippen molar-refractivity contribution in [1.82, 2.24) is 0 Å². The van der Waals surface area contributed by atoms with E-state index in [1.54, 1.807) is 6.07 Å². The summed E-state index contributed by atoms with van der Waals surface area (Å²) in [7, 11) is 0. The number of hydrogen-bond donors (Lipinski definition) is 1. The van der Waals surface area contributed by atoms with Crippen LogP contribution in [0.25, 0.3) is 11.0 Å². The van der Waals surface area contributed by atoms with Crippen molar-refractivity contribution in [3.8, 4) is 0 Å². The average molecular weight is 379 g/mol. The molecule has 0 aliphatic rings. The number of amides is 1. The lowest BCUT2D eigenvalue weighted by Gasteiger charge is -2.08. The maximum absolute atomic E-state index is 12.4. The van der Waals surface area contributed by atoms with Gasteiger partial charge >= 0.3 is 5.63 Å². The van der Waals surface area contributed by atoms with Gasteiger partial charge in [0.2, 0.25) is 0 Å². The van der Waals surface area contributed by atoms with Crippen LogP contribution in [0.1, 0.15) is 10.4 Å². The highest BCUT2D eigenvalue weighted by Gasteiger charge is 2.18. The van der Waals surface area contributed by atoms with Gasteiger partial charge in [-0.1, -0.05) is 29.3 Å². The summed E-state index contributed by atoms with van der Waals surface area (Å²) >= 11 is 12.0. The minimum absolute atomic E-state index is 0.128. The number of non-ortho nitro benzene ring substituents is 1. The van der Waals surface area contributed by atoms with Gasteiger partial charge in [-0.3, -0.25) is 14.9 Å². The quantitative estimate of drug-likeness (QED) is 0.416. The van der Waals surface area contributed by atoms with Crippen LogP contribution in [0.4, 0.5) is 11.4 Å². The predicted molar refractivity (Wildman–Crippen MR) is 93.6 cm³/mol. The van der Waals surface area contributed by atoms with Crippen LogP contribution in [0, 0.1) is 10.1 Å². The summed E-state index contributed by atoms with van der Waals surface area (Å²) in [5.41, 5.74) is -1.13. The van der Waals surface area contributed by atoms with Crippen molar-refractivity contribution in [2.45, 2.75) is 0 Å². The highest BCUT2D eigenvalue weighted by atomic mass is 35.5. The van der Waals surface area contributed by atoms with Gasteiger partial charge in [0, 0.05) is 17.5 Å². The molecular formula is C16H8Cl2N2O5. The van der Waals surface area contributed by atoms with Gasteiger partial charge < -0.3 is 9.73 Å². The topological polar surface area (TPSA) is 102 Å². The smallest absolute Gasteiger partial charge is 0.349 e. The number of nitro benzene ring substituents is 1. The molecule has 0 saturated carbocycles. The Balaban J connectivity index is 2.05. The number of anilines is 1. The van der Waals surface area contributed by atoms with Gasteiger partial charge in [0.05, 0.1) is 20.7 Å². The summed E-state index contributed by atoms with van der Waals surface area (Å²) in [4.78, 5) is 34.7. The first kappa shape index (κ1) is 16.9. The van der Waals surface area contributed by atoms with Crippen LogP contribution < -0.4 is 10.9 Å². The van der Waals surface area contributed by atoms with E-state index in [1.807, 2.05) is 0 Å². The van der Waals surface area contributed by atoms with E-state index in [0.29, 0.717) is 0 Å². The summed E-state index contributed by atoms with van der Waals surface area (Å²) in [5.74, 6) is -0.794. The number of fused-ring (bicyclic) bond motifs is 1. The van der Waals surface area contributed by atoms with E-state index in [0.717, 1.165) is 0 Å². The molecule has 0 radical (unpaired) electrons. The van der Waals surface area contributed by atoms with Crippen LogP contribution in [0.3, 0.4) is 0 Å². The SMILES string of the molecule is O=C(Nc1c(Cl)cccc1Cl)c1cc2cc([N+](=O)[O-])ccc2oc1=O. The van der Waals surface area contributed by atoms with E-state index in [9.17, 15) is 19.7 Å². The van der Waals surface area contributed by atoms with Gasteiger partial charge in [-0.2, -0.15) is 0 Å². The fourth-order valence-corrected chi connectivity index (χ4v) is 2.67. The molecule has 7 nitrogen and oxygen atoms in total. The van der Waals surface area contributed by atoms with Gasteiger partial charge in [0.15, 0.2) is 0 Å². The molecule has 0 bridgehead atoms. The third-order valence-corrected chi connectivity index (χ3v) is 4.00. The monoisotopic (exact) mass is 378 g/mol. The number of hydrogen-bond acceptors (Lipinski definition) is 5. The van der Waals surface area contributed by atoms with Crippen molar-refractivity contribution in [3.05, 3.63) is 78.6 Å². The molecule has 1 amide bonds. The van der Waals surface area contributed by atoms with Crippen LogP contribution in [0.2, 0.25) is 10.0 Å². The molecule has 0 unspecified atom stereocenters. The van der Waals surface area contributed by atoms with Crippen molar-refractivity contribution in [3.63, 3.8) is 0 Å². The Morgan fingerprint density at radius 1 is 1.12 bits per heavy atom. The van der Waals surface area contributed by atoms with E-state index in [1.165, 1.54) is 36.4 Å². The predicted octanol–water partition coefficient (Wildman–Crippen LogP) is 4.26. The molecule has 3 aromatic rings. The molecule has 2 aromatic carbocycles. The molecule has 0 spiro atoms. The fraction of sp³-hybridized carbons (Fsp3) is 0. The zero-order valence-corrected chi connectivity index (χ0v) is 13.8. The zero-order valence-electron chi connectivity index (χ0n) is 12.3. The van der Waals surface area contributed by atoms with E-state index >= 15 is 0 Å². The molecule has 0 aliphatic heterocycles. The molecule has 3 rings (SSSR count). The van der Waals surface area contributed by atoms with E-state index in [4.69, 9.17) is 27.6 Å². The van der Waals surface area contributed by atoms with Crippen molar-refractivity contribution in [2.75, 3.05) is 5.32 Å². The van der Waals surface area contributed by atoms with Gasteiger partial charge in [0.1, 0.15) is 11.1 Å². The Hall–Kier alpha value is -2.90. The van der Waals surface area contributed by atoms with Gasteiger partial charge in [-0.15, -0.1) is 0 Å². The Morgan fingerprint density at radius 2 is 1.80 bits per heavy atom. The second kappa shape index (κ2) is 6.54. The highest BCUT2D eigenvalue weighted by Crippen LogP contribution is 2.30. The molecule has 0 saturated heterocycles. The third kappa shape index (κ3) is 3.33. The highest BCUT2D eigenvalue weighted by molar-refractivity contribution is 6.40. The largest absolute Gasteiger partial charge is 0.422 e. The molecule has 126 valence electrons. The molecule has 1 N–H and O–H groups in total. The first-order valence-electron chi connectivity index (χ1n) is 6.84. The normalized spacial score (nSPS) is 10.6. The maximum atomic E-state index is 12.4. The fourth-order valence-electron chi connectivity index (χ4n) is 2.18. The van der Waals surface area contributed by atoms with Crippen LogP contribution in [-0.2, 0) is 0 Å². The summed E-state index contributed by atoms with van der Waals surface area (Å²) in [6.07, 6.45) is 0. The lowest BCUT2D eigenvalue weighted by atomic mass is 10.1. The van der Waals surface area contributed by atoms with Crippen molar-refractivity contribution in [1.29, 1.82) is 0 Å². The van der Waals surface area contributed by atoms with Gasteiger partial charge in [-0.05, 0) is 24.3 Å². The maximum Gasteiger partial charge on any atom is 0.349 e. The molecule has 0 atom stereocenters. The number of nitrogens with zero attached hydrogens (tertiary/aromatic N) is 1. The first-order valence-corrected chi connectivity index (χ1v) is 7.60. The molecule has 9 heteroatoms. The summed E-state index contributed by atoms with van der Waals surface area (Å²) < 4.78 is 5.04. The van der Waals surface area contributed by atoms with Crippen molar-refractivity contribution in [2.24, 2.45) is 0 Å². The molecular weight excluding hydrogens is 371 g/mol. The average Bonchev–Trinajstić information content (AvgIpc) is 2.57. The second-order valence-electron chi connectivity index (χ2n) is 4.98. The number of benzene rings is 2. The van der Waals surface area contributed by atoms with Crippen LogP contribution in [-0.4, -0.2) is 10.8 Å². The van der Waals surface area contributed by atoms with Crippen molar-refractivity contribution < 1.29 is 14.1 Å². The summed E-state index contributed by atoms with van der Waals surface area (Å²) in [6, 6.07) is 9.57. The van der Waals surface area contributed by atoms with Crippen LogP contribution in [0.5, 0.6) is 0 Å². The number of rotatable bonds is 3. The van der Waals surface area contributed by atoms with E-state index in [2.05, 4.69) is 5.32 Å². The lowest BCUT2D eigenvalue weighted by Crippen LogP contribution is -2.21. The number of carbonyl (C=O) groups excluding carboxylic acids is 1. The summed E-state index contributed by atoms with van der Waals surface area (Å²) in [6.45, 7) is 0. The number of carbonyl (C=O) groups is 1. The first-order chi connectivity index (χ1) is 11.9. The standard InChI is InChI=1S/C16H8Cl2N2O5/c17-11-2-1-3-12(18)14(11)19-15(21)10-7-8-6-9(20(23)24)4-5-13(8)25-16(10)22/h1-7H,(H,19,21). The van der Waals surface area contributed by atoms with Crippen molar-refractivity contribution >= 4 is 51.5 Å². The third-order valence-electron chi connectivity index (χ3n) is 3.37. The number of para-hydroxylation sites is 1. The molecule has 0 aliphatic carbocycles. The number of nitrogens with one attached hydrogen (secondary N) is 1. The minimum Gasteiger partial charge on any atom is -0.422 e. The minimum atomic E-state index is -0.887. The Labute approximate surface area is 149 Å². The van der Waals surface area contributed by atoms with Gasteiger partial charge in [0.25, 0.3) is 11.6 Å². The Bertz CT molecular complexity index is 1060. The number of nitro groups is 1. The second-order valence-corrected chi connectivity index (χ2v) is 5.79. The molecule has 1 aromatic heterocycles. The number of halogens is 2. The van der Waals surface area contributed by atoms with Crippen LogP contribution >= 0.6 is 23.2 Å². The molecule has 1 heterocycles. The van der Waals surface area contributed by atoms with E-state index < -0.39 is 16.5 Å². The Kier molecular flexibility index (Phi) is 4.43. The van der Waals surface area contributed by atoms with E-state index in [-0.39, 0.29) is 38.0 Å². The summed E-state index contributed by atoms with van der Waals surface area (Å²) in [5, 5.41) is 13.9. The molecule has 25 heavy (non-hydrogen) atoms. The molecule has 0 fully saturated rings. The lowest BCUT2D eigenvalue weighted by molar-refractivity contribution is -0.384. The Morgan fingerprint density at radius 3 is 2.44 bits per heavy atom. The van der Waals surface area contributed by atoms with Crippen LogP contribution in [0.15, 0.2) is 51.7 Å². The van der Waals surface area contributed by atoms with Gasteiger partial charge in [-0.25, -0.2) is 4.79 Å².